The van der Waals surface area contributed by atoms with Gasteiger partial charge in [0.1, 0.15) is 0 Å². The van der Waals surface area contributed by atoms with Gasteiger partial charge in [0.2, 0.25) is 5.95 Å². The van der Waals surface area contributed by atoms with Crippen LogP contribution in [0.15, 0.2) is 67.0 Å². The van der Waals surface area contributed by atoms with Crippen LogP contribution >= 0.6 is 0 Å². The van der Waals surface area contributed by atoms with Crippen LogP contribution in [0.2, 0.25) is 0 Å². The first-order valence-corrected chi connectivity index (χ1v) is 7.31. The normalized spacial score (nSPS) is 10.5. The van der Waals surface area contributed by atoms with E-state index in [-0.39, 0.29) is 0 Å². The van der Waals surface area contributed by atoms with E-state index in [1.165, 1.54) is 11.1 Å². The number of imidazole rings is 1. The fraction of sp³-hybridized carbons (Fsp3) is 0.167. The fourth-order valence-electron chi connectivity index (χ4n) is 2.32. The van der Waals surface area contributed by atoms with Crippen LogP contribution in [0.4, 0.5) is 5.95 Å². The molecule has 3 aromatic rings. The maximum atomic E-state index is 4.36. The van der Waals surface area contributed by atoms with Gasteiger partial charge < -0.3 is 5.32 Å². The Morgan fingerprint density at radius 3 is 2.38 bits per heavy atom. The molecule has 0 saturated heterocycles. The molecule has 2 aromatic carbocycles. The summed E-state index contributed by atoms with van der Waals surface area (Å²) in [5.41, 5.74) is 3.58. The monoisotopic (exact) mass is 277 g/mol. The molecule has 0 spiro atoms. The second-order valence-electron chi connectivity index (χ2n) is 4.96. The maximum absolute atomic E-state index is 4.36. The minimum Gasteiger partial charge on any atom is -0.355 e. The lowest BCUT2D eigenvalue weighted by molar-refractivity contribution is 0.937. The summed E-state index contributed by atoms with van der Waals surface area (Å²) in [6.45, 7) is 3.08. The summed E-state index contributed by atoms with van der Waals surface area (Å²) in [6, 6.07) is 19.0. The van der Waals surface area contributed by atoms with Gasteiger partial charge >= 0.3 is 0 Å². The second kappa shape index (κ2) is 6.27. The predicted octanol–water partition coefficient (Wildman–Crippen LogP) is 4.36. The molecule has 0 aliphatic rings. The molecule has 0 aliphatic carbocycles. The number of nitrogens with zero attached hydrogens (tertiary/aromatic N) is 2. The van der Waals surface area contributed by atoms with Crippen LogP contribution in [0, 0.1) is 0 Å². The summed E-state index contributed by atoms with van der Waals surface area (Å²) in [6.07, 6.45) is 4.89. The molecule has 3 rings (SSSR count). The number of hydrogen-bond acceptors (Lipinski definition) is 2. The Balaban J connectivity index is 1.86. The van der Waals surface area contributed by atoms with Crippen LogP contribution in [-0.4, -0.2) is 16.1 Å². The van der Waals surface area contributed by atoms with Crippen molar-refractivity contribution in [2.75, 3.05) is 11.9 Å². The van der Waals surface area contributed by atoms with Gasteiger partial charge in [-0.15, -0.1) is 0 Å². The quantitative estimate of drug-likeness (QED) is 0.751. The molecule has 0 aliphatic heterocycles. The SMILES string of the molecule is CCCNc1nccn1-c1ccc(-c2ccccc2)cc1. The average molecular weight is 277 g/mol. The van der Waals surface area contributed by atoms with Gasteiger partial charge in [0.05, 0.1) is 0 Å². The summed E-state index contributed by atoms with van der Waals surface area (Å²) in [5.74, 6) is 0.893. The summed E-state index contributed by atoms with van der Waals surface area (Å²) in [7, 11) is 0. The Hall–Kier alpha value is -2.55. The Morgan fingerprint density at radius 1 is 0.952 bits per heavy atom. The standard InChI is InChI=1S/C18H19N3/c1-2-12-19-18-20-13-14-21(18)17-10-8-16(9-11-17)15-6-4-3-5-7-15/h3-11,13-14H,2,12H2,1H3,(H,19,20). The van der Waals surface area contributed by atoms with Gasteiger partial charge in [0.25, 0.3) is 0 Å². The third kappa shape index (κ3) is 2.97. The number of aromatic nitrogens is 2. The molecule has 0 radical (unpaired) electrons. The van der Waals surface area contributed by atoms with E-state index in [1.807, 2.05) is 18.5 Å². The average Bonchev–Trinajstić information content (AvgIpc) is 3.02. The van der Waals surface area contributed by atoms with E-state index in [0.717, 1.165) is 24.6 Å². The van der Waals surface area contributed by atoms with Crippen LogP contribution in [0.3, 0.4) is 0 Å². The minimum absolute atomic E-state index is 0.893. The van der Waals surface area contributed by atoms with E-state index in [0.29, 0.717) is 0 Å². The summed E-state index contributed by atoms with van der Waals surface area (Å²) >= 11 is 0. The zero-order chi connectivity index (χ0) is 14.5. The zero-order valence-corrected chi connectivity index (χ0v) is 12.2. The minimum atomic E-state index is 0.893. The molecule has 106 valence electrons. The Bertz CT molecular complexity index is 684. The van der Waals surface area contributed by atoms with Crippen LogP contribution in [0.1, 0.15) is 13.3 Å². The number of nitrogens with one attached hydrogen (secondary N) is 1. The molecule has 0 amide bonds. The number of anilines is 1. The topological polar surface area (TPSA) is 29.9 Å². The van der Waals surface area contributed by atoms with Crippen LogP contribution in [-0.2, 0) is 0 Å². The summed E-state index contributed by atoms with van der Waals surface area (Å²) < 4.78 is 2.07. The van der Waals surface area contributed by atoms with E-state index in [4.69, 9.17) is 0 Å². The predicted molar refractivity (Wildman–Crippen MR) is 87.8 cm³/mol. The van der Waals surface area contributed by atoms with Crippen molar-refractivity contribution in [3.8, 4) is 16.8 Å². The second-order valence-corrected chi connectivity index (χ2v) is 4.96. The maximum Gasteiger partial charge on any atom is 0.207 e. The number of rotatable bonds is 5. The lowest BCUT2D eigenvalue weighted by Crippen LogP contribution is -2.06. The molecule has 0 unspecified atom stereocenters. The van der Waals surface area contributed by atoms with Crippen molar-refractivity contribution in [3.63, 3.8) is 0 Å². The molecule has 0 atom stereocenters. The van der Waals surface area contributed by atoms with Crippen molar-refractivity contribution in [3.05, 3.63) is 67.0 Å². The smallest absolute Gasteiger partial charge is 0.207 e. The molecular weight excluding hydrogens is 258 g/mol. The molecular formula is C18H19N3. The Kier molecular flexibility index (Phi) is 4.01. The molecule has 0 fully saturated rings. The molecule has 1 N–H and O–H groups in total. The highest BCUT2D eigenvalue weighted by Gasteiger charge is 2.04. The van der Waals surface area contributed by atoms with Crippen molar-refractivity contribution in [2.45, 2.75) is 13.3 Å². The first-order chi connectivity index (χ1) is 10.4. The summed E-state index contributed by atoms with van der Waals surface area (Å²) in [5, 5.41) is 3.34. The van der Waals surface area contributed by atoms with E-state index in [9.17, 15) is 0 Å². The van der Waals surface area contributed by atoms with Crippen molar-refractivity contribution >= 4 is 5.95 Å². The molecule has 0 saturated carbocycles. The van der Waals surface area contributed by atoms with Gasteiger partial charge in [0.15, 0.2) is 0 Å². The highest BCUT2D eigenvalue weighted by molar-refractivity contribution is 5.64. The van der Waals surface area contributed by atoms with Gasteiger partial charge in [-0.05, 0) is 29.7 Å². The summed E-state index contributed by atoms with van der Waals surface area (Å²) in [4.78, 5) is 4.36. The van der Waals surface area contributed by atoms with Gasteiger partial charge in [-0.3, -0.25) is 4.57 Å². The van der Waals surface area contributed by atoms with E-state index in [1.54, 1.807) is 0 Å². The molecule has 1 heterocycles. The molecule has 3 heteroatoms. The van der Waals surface area contributed by atoms with Crippen LogP contribution in [0.5, 0.6) is 0 Å². The third-order valence-corrected chi connectivity index (χ3v) is 3.43. The molecule has 21 heavy (non-hydrogen) atoms. The van der Waals surface area contributed by atoms with E-state index < -0.39 is 0 Å². The van der Waals surface area contributed by atoms with Gasteiger partial charge in [0, 0.05) is 24.6 Å². The Labute approximate surface area is 125 Å². The largest absolute Gasteiger partial charge is 0.355 e. The van der Waals surface area contributed by atoms with Crippen LogP contribution < -0.4 is 5.32 Å². The van der Waals surface area contributed by atoms with Gasteiger partial charge in [-0.25, -0.2) is 4.98 Å². The van der Waals surface area contributed by atoms with Crippen molar-refractivity contribution < 1.29 is 0 Å². The number of hydrogen-bond donors (Lipinski definition) is 1. The van der Waals surface area contributed by atoms with E-state index >= 15 is 0 Å². The lowest BCUT2D eigenvalue weighted by atomic mass is 10.1. The molecule has 1 aromatic heterocycles. The molecule has 3 nitrogen and oxygen atoms in total. The van der Waals surface area contributed by atoms with Crippen molar-refractivity contribution in [2.24, 2.45) is 0 Å². The van der Waals surface area contributed by atoms with Gasteiger partial charge in [-0.2, -0.15) is 0 Å². The lowest BCUT2D eigenvalue weighted by Gasteiger charge is -2.10. The zero-order valence-electron chi connectivity index (χ0n) is 12.2. The molecule has 0 bridgehead atoms. The first kappa shape index (κ1) is 13.4. The fourth-order valence-corrected chi connectivity index (χ4v) is 2.32. The highest BCUT2D eigenvalue weighted by Crippen LogP contribution is 2.22. The third-order valence-electron chi connectivity index (χ3n) is 3.43. The van der Waals surface area contributed by atoms with Crippen molar-refractivity contribution in [1.82, 2.24) is 9.55 Å². The van der Waals surface area contributed by atoms with E-state index in [2.05, 4.69) is 70.3 Å². The highest BCUT2D eigenvalue weighted by atomic mass is 15.2. The Morgan fingerprint density at radius 2 is 1.67 bits per heavy atom. The first-order valence-electron chi connectivity index (χ1n) is 7.31. The van der Waals surface area contributed by atoms with Gasteiger partial charge in [-0.1, -0.05) is 49.4 Å². The van der Waals surface area contributed by atoms with Crippen molar-refractivity contribution in [1.29, 1.82) is 0 Å². The van der Waals surface area contributed by atoms with Crippen LogP contribution in [0.25, 0.3) is 16.8 Å². The number of benzene rings is 2.